The van der Waals surface area contributed by atoms with Crippen molar-refractivity contribution in [1.82, 2.24) is 20.0 Å². The second-order valence-corrected chi connectivity index (χ2v) is 7.57. The zero-order chi connectivity index (χ0) is 18.8. The summed E-state index contributed by atoms with van der Waals surface area (Å²) in [5.41, 5.74) is 2.62. The number of hydrogen-bond donors (Lipinski definition) is 1. The van der Waals surface area contributed by atoms with Crippen LogP contribution >= 0.6 is 24.0 Å². The first-order valence-corrected chi connectivity index (χ1v) is 9.87. The zero-order valence-corrected chi connectivity index (χ0v) is 19.4. The normalized spacial score (nSPS) is 26.3. The Hall–Kier alpha value is -1.26. The minimum Gasteiger partial charge on any atom is -0.493 e. The Morgan fingerprint density at radius 3 is 2.32 bits per heavy atom. The third kappa shape index (κ3) is 4.33. The minimum atomic E-state index is 0. The predicted molar refractivity (Wildman–Crippen MR) is 122 cm³/mol. The van der Waals surface area contributed by atoms with Crippen LogP contribution in [0.4, 0.5) is 0 Å². The van der Waals surface area contributed by atoms with Crippen molar-refractivity contribution < 1.29 is 9.47 Å². The van der Waals surface area contributed by atoms with Crippen LogP contribution in [0.3, 0.4) is 0 Å². The standard InChI is InChI=1S/C20H31N5O2.HI/c1-21-20(22-12-17-14-23-6-8-24(17)9-7-23)25-5-4-15-10-18(26-2)19(27-3)11-16(15)13-25;/h10-11,17H,4-9,12-14H2,1-3H3,(H,21,22);1H. The number of nitrogens with one attached hydrogen (secondary N) is 1. The molecular weight excluding hydrogens is 469 g/mol. The van der Waals surface area contributed by atoms with Crippen molar-refractivity contribution in [2.24, 2.45) is 4.99 Å². The van der Waals surface area contributed by atoms with Gasteiger partial charge < -0.3 is 19.7 Å². The van der Waals surface area contributed by atoms with Gasteiger partial charge in [0.2, 0.25) is 0 Å². The molecule has 7 nitrogen and oxygen atoms in total. The van der Waals surface area contributed by atoms with Crippen LogP contribution in [0.1, 0.15) is 11.1 Å². The molecular formula is C20H32IN5O2. The average molecular weight is 501 g/mol. The van der Waals surface area contributed by atoms with Gasteiger partial charge >= 0.3 is 0 Å². The highest BCUT2D eigenvalue weighted by Crippen LogP contribution is 2.33. The number of rotatable bonds is 4. The molecule has 156 valence electrons. The molecule has 3 saturated heterocycles. The molecule has 4 heterocycles. The highest BCUT2D eigenvalue weighted by atomic mass is 127. The molecule has 1 aromatic rings. The number of methoxy groups -OCH3 is 2. The van der Waals surface area contributed by atoms with Crippen LogP contribution in [0.15, 0.2) is 17.1 Å². The van der Waals surface area contributed by atoms with Gasteiger partial charge in [-0.2, -0.15) is 0 Å². The van der Waals surface area contributed by atoms with Gasteiger partial charge in [-0.3, -0.25) is 14.8 Å². The summed E-state index contributed by atoms with van der Waals surface area (Å²) in [5.74, 6) is 2.60. The van der Waals surface area contributed by atoms with E-state index in [0.29, 0.717) is 6.04 Å². The first-order chi connectivity index (χ1) is 13.2. The van der Waals surface area contributed by atoms with Crippen LogP contribution in [0.2, 0.25) is 0 Å². The Bertz CT molecular complexity index is 706. The SMILES string of the molecule is CN=C(NCC1CN2CCN1CC2)N1CCc2cc(OC)c(OC)cc2C1.I. The third-order valence-corrected chi connectivity index (χ3v) is 6.12. The number of aliphatic imine (C=N–C) groups is 1. The van der Waals surface area contributed by atoms with Crippen LogP contribution in [-0.4, -0.2) is 93.8 Å². The molecule has 1 unspecified atom stereocenters. The summed E-state index contributed by atoms with van der Waals surface area (Å²) in [5, 5.41) is 3.63. The van der Waals surface area contributed by atoms with Crippen molar-refractivity contribution >= 4 is 29.9 Å². The van der Waals surface area contributed by atoms with Gasteiger partial charge in [-0.1, -0.05) is 0 Å². The molecule has 8 heteroatoms. The quantitative estimate of drug-likeness (QED) is 0.381. The van der Waals surface area contributed by atoms with E-state index in [1.54, 1.807) is 14.2 Å². The third-order valence-electron chi connectivity index (χ3n) is 6.12. The Balaban J connectivity index is 0.00000225. The number of fused-ring (bicyclic) bond motifs is 4. The lowest BCUT2D eigenvalue weighted by atomic mass is 9.99. The van der Waals surface area contributed by atoms with Gasteiger partial charge in [-0.05, 0) is 29.7 Å². The van der Waals surface area contributed by atoms with Crippen LogP contribution < -0.4 is 14.8 Å². The average Bonchev–Trinajstić information content (AvgIpc) is 2.73. The monoisotopic (exact) mass is 501 g/mol. The molecule has 0 aliphatic carbocycles. The van der Waals surface area contributed by atoms with Gasteiger partial charge in [0, 0.05) is 65.4 Å². The fourth-order valence-corrected chi connectivity index (χ4v) is 4.52. The molecule has 4 aliphatic rings. The predicted octanol–water partition coefficient (Wildman–Crippen LogP) is 1.26. The number of ether oxygens (including phenoxy) is 2. The summed E-state index contributed by atoms with van der Waals surface area (Å²) in [6.07, 6.45) is 0.986. The number of halogens is 1. The van der Waals surface area contributed by atoms with Gasteiger partial charge in [0.1, 0.15) is 0 Å². The van der Waals surface area contributed by atoms with Crippen molar-refractivity contribution in [1.29, 1.82) is 0 Å². The van der Waals surface area contributed by atoms with Crippen molar-refractivity contribution in [2.75, 3.05) is 67.1 Å². The van der Waals surface area contributed by atoms with E-state index in [-0.39, 0.29) is 24.0 Å². The van der Waals surface area contributed by atoms with Crippen molar-refractivity contribution in [2.45, 2.75) is 19.0 Å². The summed E-state index contributed by atoms with van der Waals surface area (Å²) in [4.78, 5) is 12.1. The van der Waals surface area contributed by atoms with E-state index >= 15 is 0 Å². The molecule has 3 fully saturated rings. The molecule has 0 aromatic heterocycles. The van der Waals surface area contributed by atoms with Crippen LogP contribution in [0.25, 0.3) is 0 Å². The number of nitrogens with zero attached hydrogens (tertiary/aromatic N) is 4. The van der Waals surface area contributed by atoms with Gasteiger partial charge in [0.05, 0.1) is 14.2 Å². The minimum absolute atomic E-state index is 0. The smallest absolute Gasteiger partial charge is 0.194 e. The fraction of sp³-hybridized carbons (Fsp3) is 0.650. The highest BCUT2D eigenvalue weighted by Gasteiger charge is 2.32. The summed E-state index contributed by atoms with van der Waals surface area (Å²) in [6, 6.07) is 4.81. The fourth-order valence-electron chi connectivity index (χ4n) is 4.52. The first-order valence-electron chi connectivity index (χ1n) is 9.87. The number of piperazine rings is 3. The Kier molecular flexibility index (Phi) is 7.27. The van der Waals surface area contributed by atoms with E-state index in [0.717, 1.165) is 43.5 Å². The molecule has 0 saturated carbocycles. The van der Waals surface area contributed by atoms with Crippen molar-refractivity contribution in [3.05, 3.63) is 23.3 Å². The lowest BCUT2D eigenvalue weighted by molar-refractivity contribution is 0.0152. The van der Waals surface area contributed by atoms with Crippen molar-refractivity contribution in [3.63, 3.8) is 0 Å². The number of guanidine groups is 1. The van der Waals surface area contributed by atoms with E-state index in [2.05, 4.69) is 37.1 Å². The van der Waals surface area contributed by atoms with Gasteiger partial charge in [0.15, 0.2) is 17.5 Å². The molecule has 1 atom stereocenters. The van der Waals surface area contributed by atoms with E-state index in [4.69, 9.17) is 9.47 Å². The van der Waals surface area contributed by atoms with Crippen LogP contribution in [0.5, 0.6) is 11.5 Å². The summed E-state index contributed by atoms with van der Waals surface area (Å²) >= 11 is 0. The molecule has 4 aliphatic heterocycles. The maximum Gasteiger partial charge on any atom is 0.194 e. The Morgan fingerprint density at radius 1 is 1.07 bits per heavy atom. The molecule has 5 rings (SSSR count). The van der Waals surface area contributed by atoms with Crippen LogP contribution in [-0.2, 0) is 13.0 Å². The topological polar surface area (TPSA) is 52.6 Å². The van der Waals surface area contributed by atoms with Crippen molar-refractivity contribution in [3.8, 4) is 11.5 Å². The highest BCUT2D eigenvalue weighted by molar-refractivity contribution is 14.0. The second-order valence-electron chi connectivity index (χ2n) is 7.57. The molecule has 2 bridgehead atoms. The van der Waals surface area contributed by atoms with E-state index in [1.807, 2.05) is 7.05 Å². The maximum absolute atomic E-state index is 5.48. The molecule has 0 amide bonds. The Labute approximate surface area is 185 Å². The summed E-state index contributed by atoms with van der Waals surface area (Å²) in [6.45, 7) is 8.77. The van der Waals surface area contributed by atoms with E-state index in [9.17, 15) is 0 Å². The molecule has 0 spiro atoms. The molecule has 1 N–H and O–H groups in total. The zero-order valence-electron chi connectivity index (χ0n) is 17.1. The lowest BCUT2D eigenvalue weighted by Crippen LogP contribution is -2.64. The largest absolute Gasteiger partial charge is 0.493 e. The van der Waals surface area contributed by atoms with Gasteiger partial charge in [0.25, 0.3) is 0 Å². The lowest BCUT2D eigenvalue weighted by Gasteiger charge is -2.47. The molecule has 0 radical (unpaired) electrons. The van der Waals surface area contributed by atoms with Gasteiger partial charge in [-0.15, -0.1) is 24.0 Å². The first kappa shape index (κ1) is 21.4. The number of benzene rings is 1. The molecule has 28 heavy (non-hydrogen) atoms. The van der Waals surface area contributed by atoms with E-state index < -0.39 is 0 Å². The summed E-state index contributed by atoms with van der Waals surface area (Å²) < 4.78 is 10.9. The Morgan fingerprint density at radius 2 is 1.75 bits per heavy atom. The molecule has 1 aromatic carbocycles. The maximum atomic E-state index is 5.48. The summed E-state index contributed by atoms with van der Waals surface area (Å²) in [7, 11) is 5.26. The van der Waals surface area contributed by atoms with Crippen LogP contribution in [0, 0.1) is 0 Å². The van der Waals surface area contributed by atoms with E-state index in [1.165, 1.54) is 43.9 Å². The second kappa shape index (κ2) is 9.49. The number of hydrogen-bond acceptors (Lipinski definition) is 5. The van der Waals surface area contributed by atoms with Gasteiger partial charge in [-0.25, -0.2) is 0 Å².